The lowest BCUT2D eigenvalue weighted by Gasteiger charge is -2.41. The van der Waals surface area contributed by atoms with Gasteiger partial charge in [-0.3, -0.25) is 0 Å². The van der Waals surface area contributed by atoms with E-state index in [1.54, 1.807) is 0 Å². The SMILES string of the molecule is CC(C)(C)c1ccc(C2(c3ccccc3)c3ccccc3-c3ccc(N(c4ccccc4)c4ccc5c(c4)C(c4ccccc4C(C)(C)C)(c4ccccc4C(C)(C)C)c4ccccc4-5)cc32)cc1. The molecule has 11 rings (SSSR count). The molecule has 0 bridgehead atoms. The van der Waals surface area contributed by atoms with E-state index < -0.39 is 10.8 Å². The Hall–Kier alpha value is -7.22. The maximum absolute atomic E-state index is 2.54. The maximum Gasteiger partial charge on any atom is 0.0720 e. The Balaban J connectivity index is 1.21. The predicted octanol–water partition coefficient (Wildman–Crippen LogP) is 17.8. The van der Waals surface area contributed by atoms with Gasteiger partial charge in [0.25, 0.3) is 0 Å². The number of nitrogens with zero attached hydrogens (tertiary/aromatic N) is 1. The van der Waals surface area contributed by atoms with E-state index in [1.165, 1.54) is 83.5 Å². The first-order valence-corrected chi connectivity index (χ1v) is 24.8. The number of fused-ring (bicyclic) bond motifs is 6. The monoisotopic (exact) mass is 893 g/mol. The van der Waals surface area contributed by atoms with Crippen LogP contribution in [0.15, 0.2) is 218 Å². The molecule has 2 aliphatic carbocycles. The van der Waals surface area contributed by atoms with E-state index in [0.29, 0.717) is 0 Å². The van der Waals surface area contributed by atoms with Gasteiger partial charge in [0.15, 0.2) is 0 Å². The van der Waals surface area contributed by atoms with Crippen LogP contribution in [0.2, 0.25) is 0 Å². The molecule has 340 valence electrons. The van der Waals surface area contributed by atoms with Crippen molar-refractivity contribution >= 4 is 17.1 Å². The molecule has 0 amide bonds. The van der Waals surface area contributed by atoms with Gasteiger partial charge >= 0.3 is 0 Å². The summed E-state index contributed by atoms with van der Waals surface area (Å²) < 4.78 is 0. The van der Waals surface area contributed by atoms with Crippen molar-refractivity contribution in [2.45, 2.75) is 89.4 Å². The highest BCUT2D eigenvalue weighted by Crippen LogP contribution is 2.61. The Morgan fingerprint density at radius 3 is 1.13 bits per heavy atom. The largest absolute Gasteiger partial charge is 0.310 e. The number of benzene rings is 9. The minimum atomic E-state index is -0.612. The fraction of sp³-hybridized carbons (Fsp3) is 0.206. The van der Waals surface area contributed by atoms with Crippen LogP contribution in [0.1, 0.15) is 124 Å². The second-order valence-corrected chi connectivity index (χ2v) is 22.5. The zero-order valence-electron chi connectivity index (χ0n) is 41.7. The molecular weight excluding hydrogens is 831 g/mol. The summed E-state index contributed by atoms with van der Waals surface area (Å²) in [6.07, 6.45) is 0. The second kappa shape index (κ2) is 16.2. The minimum Gasteiger partial charge on any atom is -0.310 e. The van der Waals surface area contributed by atoms with Gasteiger partial charge < -0.3 is 4.90 Å². The van der Waals surface area contributed by atoms with Crippen LogP contribution < -0.4 is 4.90 Å². The van der Waals surface area contributed by atoms with Crippen LogP contribution >= 0.6 is 0 Å². The van der Waals surface area contributed by atoms with Crippen LogP contribution in [-0.4, -0.2) is 0 Å². The summed E-state index contributed by atoms with van der Waals surface area (Å²) in [7, 11) is 0. The van der Waals surface area contributed by atoms with E-state index in [1.807, 2.05) is 0 Å². The first-order chi connectivity index (χ1) is 33.1. The van der Waals surface area contributed by atoms with Crippen molar-refractivity contribution in [2.24, 2.45) is 0 Å². The van der Waals surface area contributed by atoms with Gasteiger partial charge in [-0.15, -0.1) is 0 Å². The first kappa shape index (κ1) is 44.3. The minimum absolute atomic E-state index is 0.0335. The quantitative estimate of drug-likeness (QED) is 0.154. The van der Waals surface area contributed by atoms with Crippen molar-refractivity contribution in [3.63, 3.8) is 0 Å². The zero-order chi connectivity index (χ0) is 47.9. The van der Waals surface area contributed by atoms with Crippen LogP contribution in [0.4, 0.5) is 17.1 Å². The number of hydrogen-bond donors (Lipinski definition) is 0. The molecule has 1 atom stereocenters. The smallest absolute Gasteiger partial charge is 0.0720 e. The lowest BCUT2D eigenvalue weighted by atomic mass is 9.61. The van der Waals surface area contributed by atoms with Crippen molar-refractivity contribution in [1.29, 1.82) is 0 Å². The lowest BCUT2D eigenvalue weighted by Crippen LogP contribution is -2.35. The molecular formula is C68H63N. The zero-order valence-corrected chi connectivity index (χ0v) is 41.7. The Kier molecular flexibility index (Phi) is 10.4. The standard InChI is InChI=1S/C68H63N/c1-64(2,3)46-36-38-48(39-37-46)67(47-24-12-10-13-25-47)56-30-18-16-28-52(56)54-42-40-50(44-62(54)67)69(49-26-14-11-15-27-49)51-41-43-55-53-29-17-19-31-57(53)68(63(55)45-51,60-34-22-20-32-58(60)65(4,5)6)61-35-23-21-33-59(61)66(7,8)9/h10-45H,1-9H3. The number of para-hydroxylation sites is 1. The summed E-state index contributed by atoms with van der Waals surface area (Å²) in [5.41, 5.74) is 21.6. The molecule has 0 fully saturated rings. The fourth-order valence-corrected chi connectivity index (χ4v) is 12.2. The molecule has 0 aliphatic heterocycles. The molecule has 0 aromatic heterocycles. The Morgan fingerprint density at radius 2 is 0.652 bits per heavy atom. The number of anilines is 3. The molecule has 9 aromatic rings. The summed E-state index contributed by atoms with van der Waals surface area (Å²) in [5.74, 6) is 0. The van der Waals surface area contributed by atoms with Gasteiger partial charge in [-0.25, -0.2) is 0 Å². The molecule has 0 heterocycles. The van der Waals surface area contributed by atoms with Gasteiger partial charge in [-0.2, -0.15) is 0 Å². The van der Waals surface area contributed by atoms with E-state index in [-0.39, 0.29) is 16.2 Å². The van der Waals surface area contributed by atoms with Crippen molar-refractivity contribution in [2.75, 3.05) is 4.90 Å². The third-order valence-corrected chi connectivity index (χ3v) is 15.3. The molecule has 0 radical (unpaired) electrons. The van der Waals surface area contributed by atoms with Gasteiger partial charge in [-0.05, 0) is 136 Å². The second-order valence-electron chi connectivity index (χ2n) is 22.5. The van der Waals surface area contributed by atoms with Crippen LogP contribution in [0.5, 0.6) is 0 Å². The molecule has 0 saturated carbocycles. The Bertz CT molecular complexity index is 3310. The first-order valence-electron chi connectivity index (χ1n) is 24.8. The van der Waals surface area contributed by atoms with E-state index >= 15 is 0 Å². The highest BCUT2D eigenvalue weighted by atomic mass is 15.1. The molecule has 1 heteroatoms. The normalized spacial score (nSPS) is 15.8. The summed E-state index contributed by atoms with van der Waals surface area (Å²) in [5, 5.41) is 0. The third kappa shape index (κ3) is 6.87. The highest BCUT2D eigenvalue weighted by Gasteiger charge is 2.50. The van der Waals surface area contributed by atoms with Crippen LogP contribution in [-0.2, 0) is 27.1 Å². The molecule has 1 unspecified atom stereocenters. The Morgan fingerprint density at radius 1 is 0.275 bits per heavy atom. The van der Waals surface area contributed by atoms with Gasteiger partial charge in [-0.1, -0.05) is 244 Å². The number of rotatable bonds is 7. The molecule has 0 saturated heterocycles. The van der Waals surface area contributed by atoms with E-state index in [9.17, 15) is 0 Å². The topological polar surface area (TPSA) is 3.24 Å². The average molecular weight is 894 g/mol. The van der Waals surface area contributed by atoms with Crippen LogP contribution in [0.25, 0.3) is 22.3 Å². The van der Waals surface area contributed by atoms with Gasteiger partial charge in [0, 0.05) is 17.1 Å². The van der Waals surface area contributed by atoms with Crippen molar-refractivity contribution in [3.05, 3.63) is 280 Å². The summed E-state index contributed by atoms with van der Waals surface area (Å²) in [6.45, 7) is 21.1. The van der Waals surface area contributed by atoms with Crippen molar-refractivity contribution in [3.8, 4) is 22.3 Å². The van der Waals surface area contributed by atoms with Crippen molar-refractivity contribution in [1.82, 2.24) is 0 Å². The molecule has 9 aromatic carbocycles. The molecule has 2 aliphatic rings. The van der Waals surface area contributed by atoms with Gasteiger partial charge in [0.1, 0.15) is 0 Å². The molecule has 69 heavy (non-hydrogen) atoms. The molecule has 0 spiro atoms. The molecule has 1 nitrogen and oxygen atoms in total. The summed E-state index contributed by atoms with van der Waals surface area (Å²) in [6, 6.07) is 83.1. The number of hydrogen-bond acceptors (Lipinski definition) is 1. The van der Waals surface area contributed by atoms with E-state index in [0.717, 1.165) is 17.1 Å². The molecule has 0 N–H and O–H groups in total. The van der Waals surface area contributed by atoms with Gasteiger partial charge in [0.05, 0.1) is 10.8 Å². The third-order valence-electron chi connectivity index (χ3n) is 15.3. The van der Waals surface area contributed by atoms with Gasteiger partial charge in [0.2, 0.25) is 0 Å². The van der Waals surface area contributed by atoms with Crippen molar-refractivity contribution < 1.29 is 0 Å². The Labute approximate surface area is 411 Å². The van der Waals surface area contributed by atoms with E-state index in [2.05, 4.69) is 286 Å². The summed E-state index contributed by atoms with van der Waals surface area (Å²) in [4.78, 5) is 2.50. The lowest BCUT2D eigenvalue weighted by molar-refractivity contribution is 0.554. The van der Waals surface area contributed by atoms with E-state index in [4.69, 9.17) is 0 Å². The maximum atomic E-state index is 2.54. The van der Waals surface area contributed by atoms with Crippen LogP contribution in [0, 0.1) is 0 Å². The van der Waals surface area contributed by atoms with Crippen LogP contribution in [0.3, 0.4) is 0 Å². The summed E-state index contributed by atoms with van der Waals surface area (Å²) >= 11 is 0. The highest BCUT2D eigenvalue weighted by molar-refractivity contribution is 5.92. The average Bonchev–Trinajstić information content (AvgIpc) is 3.82. The fourth-order valence-electron chi connectivity index (χ4n) is 12.2. The predicted molar refractivity (Wildman–Crippen MR) is 292 cm³/mol.